The smallest absolute Gasteiger partial charge is 0.306 e. The average molecular weight is 699 g/mol. The fraction of sp³-hybridized carbons (Fsp3) is 0.846. The molecule has 0 radical (unpaired) electrons. The molecule has 1 heterocycles. The summed E-state index contributed by atoms with van der Waals surface area (Å²) in [4.78, 5) is 25.1. The first kappa shape index (κ1) is 45.2. The van der Waals surface area contributed by atoms with Crippen LogP contribution in [0.4, 0.5) is 0 Å². The molecule has 49 heavy (non-hydrogen) atoms. The van der Waals surface area contributed by atoms with E-state index in [0.717, 1.165) is 57.8 Å². The molecule has 4 N–H and O–H groups in total. The normalized spacial score (nSPS) is 21.8. The minimum atomic E-state index is -1.59. The van der Waals surface area contributed by atoms with Crippen LogP contribution in [0.2, 0.25) is 0 Å². The molecule has 0 bridgehead atoms. The summed E-state index contributed by atoms with van der Waals surface area (Å²) in [5.74, 6) is -0.827. The Bertz CT molecular complexity index is 861. The number of ether oxygens (including phenoxy) is 4. The zero-order chi connectivity index (χ0) is 36.0. The number of rotatable bonds is 31. The van der Waals surface area contributed by atoms with E-state index in [1.54, 1.807) is 0 Å². The van der Waals surface area contributed by atoms with Crippen LogP contribution in [0, 0.1) is 0 Å². The second kappa shape index (κ2) is 31.0. The van der Waals surface area contributed by atoms with Crippen LogP contribution in [-0.4, -0.2) is 89.0 Å². The maximum atomic E-state index is 12.6. The summed E-state index contributed by atoms with van der Waals surface area (Å²) >= 11 is 0. The van der Waals surface area contributed by atoms with Crippen molar-refractivity contribution in [3.05, 3.63) is 24.3 Å². The zero-order valence-electron chi connectivity index (χ0n) is 30.7. The van der Waals surface area contributed by atoms with Crippen molar-refractivity contribution in [1.82, 2.24) is 0 Å². The second-order valence-electron chi connectivity index (χ2n) is 13.4. The van der Waals surface area contributed by atoms with Crippen molar-refractivity contribution >= 4 is 11.9 Å². The quantitative estimate of drug-likeness (QED) is 0.0339. The average Bonchev–Trinajstić information content (AvgIpc) is 3.10. The predicted octanol–water partition coefficient (Wildman–Crippen LogP) is 6.99. The van der Waals surface area contributed by atoms with E-state index < -0.39 is 55.4 Å². The van der Waals surface area contributed by atoms with Crippen molar-refractivity contribution < 1.29 is 49.0 Å². The lowest BCUT2D eigenvalue weighted by Crippen LogP contribution is -2.59. The maximum Gasteiger partial charge on any atom is 0.306 e. The summed E-state index contributed by atoms with van der Waals surface area (Å²) in [6.45, 7) is 3.34. The van der Waals surface area contributed by atoms with Crippen molar-refractivity contribution in [3.8, 4) is 0 Å². The number of hydrogen-bond donors (Lipinski definition) is 4. The van der Waals surface area contributed by atoms with Crippen LogP contribution >= 0.6 is 0 Å². The van der Waals surface area contributed by atoms with Gasteiger partial charge in [-0.05, 0) is 38.5 Å². The van der Waals surface area contributed by atoms with Gasteiger partial charge in [0.25, 0.3) is 0 Å². The van der Waals surface area contributed by atoms with Crippen LogP contribution in [0.5, 0.6) is 0 Å². The fourth-order valence-electron chi connectivity index (χ4n) is 5.71. The number of aliphatic hydroxyl groups excluding tert-OH is 4. The molecule has 0 spiro atoms. The highest BCUT2D eigenvalue weighted by Crippen LogP contribution is 2.22. The standard InChI is InChI=1S/C39H70O10/c1-3-5-7-9-11-13-14-15-16-17-18-20-21-23-25-27-34(41)46-30-32(31-47-39-38(45)37(44)36(43)33(29-40)49-39)48-35(42)28-26-24-22-19-12-10-8-6-4-2/h13-16,32-33,36-40,43-45H,3-12,17-31H2,1-2H3/b14-13+,16-15+/t32-,33-,36+,37?,38?,39-/m0/s1. The molecule has 0 aromatic rings. The first-order valence-corrected chi connectivity index (χ1v) is 19.4. The Morgan fingerprint density at radius 1 is 0.633 bits per heavy atom. The molecule has 0 aromatic carbocycles. The molecular formula is C39H70O10. The summed E-state index contributed by atoms with van der Waals surface area (Å²) in [7, 11) is 0. The molecule has 0 saturated carbocycles. The van der Waals surface area contributed by atoms with Crippen molar-refractivity contribution in [1.29, 1.82) is 0 Å². The number of unbranched alkanes of at least 4 members (excludes halogenated alkanes) is 17. The number of allylic oxidation sites excluding steroid dienone is 4. The first-order chi connectivity index (χ1) is 23.8. The third-order valence-corrected chi connectivity index (χ3v) is 8.87. The van der Waals surface area contributed by atoms with Gasteiger partial charge in [0.15, 0.2) is 12.4 Å². The fourth-order valence-corrected chi connectivity index (χ4v) is 5.71. The zero-order valence-corrected chi connectivity index (χ0v) is 30.7. The molecule has 1 fully saturated rings. The Balaban J connectivity index is 2.39. The van der Waals surface area contributed by atoms with Crippen LogP contribution < -0.4 is 0 Å². The highest BCUT2D eigenvalue weighted by molar-refractivity contribution is 5.70. The van der Waals surface area contributed by atoms with E-state index in [1.165, 1.54) is 57.8 Å². The molecule has 1 rings (SSSR count). The molecule has 2 unspecified atom stereocenters. The Hall–Kier alpha value is -1.82. The SMILES string of the molecule is CCCCCC/C=C/C=C/CCCCCCCC(=O)OC[C@@H](CO[C@H]1O[C@@H](CO)[C@@H](O)C(O)C1O)OC(=O)CCCCCCCCCCC. The topological polar surface area (TPSA) is 152 Å². The molecule has 0 aromatic heterocycles. The van der Waals surface area contributed by atoms with Gasteiger partial charge in [-0.15, -0.1) is 0 Å². The van der Waals surface area contributed by atoms with Crippen LogP contribution in [0.1, 0.15) is 155 Å². The largest absolute Gasteiger partial charge is 0.462 e. The van der Waals surface area contributed by atoms with Gasteiger partial charge in [0.2, 0.25) is 0 Å². The third-order valence-electron chi connectivity index (χ3n) is 8.87. The van der Waals surface area contributed by atoms with Gasteiger partial charge in [0.1, 0.15) is 31.0 Å². The maximum absolute atomic E-state index is 12.6. The van der Waals surface area contributed by atoms with Gasteiger partial charge in [0, 0.05) is 12.8 Å². The molecule has 286 valence electrons. The molecule has 10 heteroatoms. The van der Waals surface area contributed by atoms with E-state index in [9.17, 15) is 30.0 Å². The minimum absolute atomic E-state index is 0.223. The van der Waals surface area contributed by atoms with Crippen molar-refractivity contribution in [2.45, 2.75) is 192 Å². The minimum Gasteiger partial charge on any atom is -0.462 e. The predicted molar refractivity (Wildman–Crippen MR) is 192 cm³/mol. The van der Waals surface area contributed by atoms with E-state index in [-0.39, 0.29) is 26.1 Å². The van der Waals surface area contributed by atoms with Gasteiger partial charge in [0.05, 0.1) is 13.2 Å². The van der Waals surface area contributed by atoms with Crippen LogP contribution in [0.15, 0.2) is 24.3 Å². The monoisotopic (exact) mass is 698 g/mol. The van der Waals surface area contributed by atoms with Crippen molar-refractivity contribution in [2.24, 2.45) is 0 Å². The Morgan fingerprint density at radius 2 is 1.12 bits per heavy atom. The molecule has 1 saturated heterocycles. The molecule has 1 aliphatic heterocycles. The van der Waals surface area contributed by atoms with Crippen molar-refractivity contribution in [2.75, 3.05) is 19.8 Å². The van der Waals surface area contributed by atoms with Gasteiger partial charge < -0.3 is 39.4 Å². The van der Waals surface area contributed by atoms with E-state index in [0.29, 0.717) is 12.8 Å². The van der Waals surface area contributed by atoms with E-state index in [2.05, 4.69) is 38.2 Å². The molecule has 0 amide bonds. The van der Waals surface area contributed by atoms with E-state index in [1.807, 2.05) is 0 Å². The highest BCUT2D eigenvalue weighted by Gasteiger charge is 2.44. The second-order valence-corrected chi connectivity index (χ2v) is 13.4. The van der Waals surface area contributed by atoms with Gasteiger partial charge in [-0.1, -0.05) is 128 Å². The number of hydrogen-bond acceptors (Lipinski definition) is 10. The molecular weight excluding hydrogens is 628 g/mol. The van der Waals surface area contributed by atoms with Gasteiger partial charge in [-0.25, -0.2) is 0 Å². The Labute approximate surface area is 296 Å². The number of carbonyl (C=O) groups is 2. The summed E-state index contributed by atoms with van der Waals surface area (Å²) in [5, 5.41) is 39.8. The van der Waals surface area contributed by atoms with Crippen molar-refractivity contribution in [3.63, 3.8) is 0 Å². The van der Waals surface area contributed by atoms with E-state index >= 15 is 0 Å². The third kappa shape index (κ3) is 23.3. The molecule has 6 atom stereocenters. The highest BCUT2D eigenvalue weighted by atomic mass is 16.7. The summed E-state index contributed by atoms with van der Waals surface area (Å²) in [5.41, 5.74) is 0. The van der Waals surface area contributed by atoms with E-state index in [4.69, 9.17) is 18.9 Å². The summed E-state index contributed by atoms with van der Waals surface area (Å²) < 4.78 is 22.0. The lowest BCUT2D eigenvalue weighted by atomic mass is 9.99. The van der Waals surface area contributed by atoms with Gasteiger partial charge in [-0.3, -0.25) is 9.59 Å². The number of carbonyl (C=O) groups excluding carboxylic acids is 2. The lowest BCUT2D eigenvalue weighted by Gasteiger charge is -2.39. The van der Waals surface area contributed by atoms with Gasteiger partial charge in [-0.2, -0.15) is 0 Å². The van der Waals surface area contributed by atoms with Gasteiger partial charge >= 0.3 is 11.9 Å². The number of esters is 2. The number of aliphatic hydroxyl groups is 4. The van der Waals surface area contributed by atoms with Crippen LogP contribution in [0.3, 0.4) is 0 Å². The van der Waals surface area contributed by atoms with Crippen LogP contribution in [0.25, 0.3) is 0 Å². The molecule has 10 nitrogen and oxygen atoms in total. The molecule has 1 aliphatic rings. The van der Waals surface area contributed by atoms with Crippen LogP contribution in [-0.2, 0) is 28.5 Å². The summed E-state index contributed by atoms with van der Waals surface area (Å²) in [6.07, 6.45) is 23.4. The summed E-state index contributed by atoms with van der Waals surface area (Å²) in [6, 6.07) is 0. The first-order valence-electron chi connectivity index (χ1n) is 19.4. The molecule has 0 aliphatic carbocycles. The Kier molecular flexibility index (Phi) is 28.6. The Morgan fingerprint density at radius 3 is 1.67 bits per heavy atom. The lowest BCUT2D eigenvalue weighted by molar-refractivity contribution is -0.305.